The van der Waals surface area contributed by atoms with E-state index in [4.69, 9.17) is 4.74 Å². The summed E-state index contributed by atoms with van der Waals surface area (Å²) < 4.78 is 5.56. The standard InChI is InChI=1S/C28H24N2O4/c1-28(26(31)32,15-18-14-19-8-2-7-13-25(19)29-16-18)30-27(33)34-17-24-22-11-5-3-9-20(22)21-10-4-6-12-23(21)24/h2-14,16,24H,15,17H2,1H3,(H,30,33)(H,31,32). The largest absolute Gasteiger partial charge is 0.480 e. The molecule has 0 saturated carbocycles. The number of carbonyl (C=O) groups excluding carboxylic acids is 1. The highest BCUT2D eigenvalue weighted by molar-refractivity contribution is 5.85. The van der Waals surface area contributed by atoms with Gasteiger partial charge in [-0.3, -0.25) is 4.98 Å². The highest BCUT2D eigenvalue weighted by Crippen LogP contribution is 2.44. The van der Waals surface area contributed by atoms with Crippen LogP contribution in [0, 0.1) is 0 Å². The van der Waals surface area contributed by atoms with Crippen molar-refractivity contribution in [3.63, 3.8) is 0 Å². The molecule has 0 radical (unpaired) electrons. The molecule has 1 amide bonds. The van der Waals surface area contributed by atoms with Crippen LogP contribution in [0.1, 0.15) is 29.5 Å². The van der Waals surface area contributed by atoms with Crippen molar-refractivity contribution in [2.75, 3.05) is 6.61 Å². The minimum atomic E-state index is -1.55. The van der Waals surface area contributed by atoms with Gasteiger partial charge in [-0.25, -0.2) is 9.59 Å². The van der Waals surface area contributed by atoms with Gasteiger partial charge in [-0.2, -0.15) is 0 Å². The molecule has 1 unspecified atom stereocenters. The fourth-order valence-corrected chi connectivity index (χ4v) is 4.65. The van der Waals surface area contributed by atoms with Gasteiger partial charge in [0.2, 0.25) is 0 Å². The van der Waals surface area contributed by atoms with Crippen molar-refractivity contribution in [2.24, 2.45) is 0 Å². The van der Waals surface area contributed by atoms with Gasteiger partial charge in [0.05, 0.1) is 5.52 Å². The average Bonchev–Trinajstić information content (AvgIpc) is 3.16. The number of fused-ring (bicyclic) bond motifs is 4. The lowest BCUT2D eigenvalue weighted by Crippen LogP contribution is -2.54. The topological polar surface area (TPSA) is 88.5 Å². The van der Waals surface area contributed by atoms with Crippen molar-refractivity contribution >= 4 is 23.0 Å². The number of nitrogens with zero attached hydrogens (tertiary/aromatic N) is 1. The molecule has 5 rings (SSSR count). The van der Waals surface area contributed by atoms with Gasteiger partial charge in [0.15, 0.2) is 0 Å². The number of carbonyl (C=O) groups is 2. The number of alkyl carbamates (subject to hydrolysis) is 1. The predicted octanol–water partition coefficient (Wildman–Crippen LogP) is 5.16. The zero-order valence-electron chi connectivity index (χ0n) is 18.7. The van der Waals surface area contributed by atoms with E-state index in [0.29, 0.717) is 5.56 Å². The fourth-order valence-electron chi connectivity index (χ4n) is 4.65. The molecule has 34 heavy (non-hydrogen) atoms. The van der Waals surface area contributed by atoms with Crippen LogP contribution in [-0.2, 0) is 16.0 Å². The molecular weight excluding hydrogens is 428 g/mol. The lowest BCUT2D eigenvalue weighted by Gasteiger charge is -2.26. The average molecular weight is 453 g/mol. The first-order valence-electron chi connectivity index (χ1n) is 11.1. The minimum absolute atomic E-state index is 0.0738. The van der Waals surface area contributed by atoms with Crippen LogP contribution in [0.4, 0.5) is 4.79 Å². The number of carboxylic acid groups (broad SMARTS) is 1. The molecule has 0 spiro atoms. The number of benzene rings is 3. The number of aliphatic carboxylic acids is 1. The van der Waals surface area contributed by atoms with E-state index in [2.05, 4.69) is 22.4 Å². The summed E-state index contributed by atoms with van der Waals surface area (Å²) in [5.74, 6) is -1.24. The SMILES string of the molecule is CC(Cc1cnc2ccccc2c1)(NC(=O)OCC1c2ccccc2-c2ccccc21)C(=O)O. The zero-order chi connectivity index (χ0) is 23.7. The molecule has 6 nitrogen and oxygen atoms in total. The number of ether oxygens (including phenoxy) is 1. The van der Waals surface area contributed by atoms with Crippen LogP contribution < -0.4 is 5.32 Å². The molecule has 1 heterocycles. The number of pyridine rings is 1. The van der Waals surface area contributed by atoms with Gasteiger partial charge in [-0.05, 0) is 46.9 Å². The van der Waals surface area contributed by atoms with Crippen LogP contribution in [0.25, 0.3) is 22.0 Å². The second kappa shape index (κ2) is 8.63. The first-order valence-corrected chi connectivity index (χ1v) is 11.1. The van der Waals surface area contributed by atoms with Crippen LogP contribution in [-0.4, -0.2) is 34.3 Å². The molecule has 3 aromatic carbocycles. The molecule has 0 fully saturated rings. The first kappa shape index (κ1) is 21.6. The lowest BCUT2D eigenvalue weighted by molar-refractivity contribution is -0.143. The number of aromatic nitrogens is 1. The molecule has 2 N–H and O–H groups in total. The molecule has 1 aromatic heterocycles. The Labute approximate surface area is 197 Å². The van der Waals surface area contributed by atoms with Gasteiger partial charge >= 0.3 is 12.1 Å². The van der Waals surface area contributed by atoms with Crippen molar-refractivity contribution in [3.05, 3.63) is 102 Å². The third-order valence-electron chi connectivity index (χ3n) is 6.40. The van der Waals surface area contributed by atoms with E-state index >= 15 is 0 Å². The Morgan fingerprint density at radius 3 is 2.26 bits per heavy atom. The molecule has 0 aliphatic heterocycles. The van der Waals surface area contributed by atoms with Crippen LogP contribution in [0.3, 0.4) is 0 Å². The van der Waals surface area contributed by atoms with Crippen LogP contribution in [0.15, 0.2) is 85.1 Å². The van der Waals surface area contributed by atoms with Gasteiger partial charge in [0, 0.05) is 23.9 Å². The quantitative estimate of drug-likeness (QED) is 0.422. The van der Waals surface area contributed by atoms with Crippen molar-refractivity contribution in [1.82, 2.24) is 10.3 Å². The first-order chi connectivity index (χ1) is 16.4. The summed E-state index contributed by atoms with van der Waals surface area (Å²) in [6.45, 7) is 1.60. The Morgan fingerprint density at radius 1 is 0.971 bits per heavy atom. The molecule has 4 aromatic rings. The number of hydrogen-bond acceptors (Lipinski definition) is 4. The number of rotatable bonds is 6. The maximum Gasteiger partial charge on any atom is 0.408 e. The number of para-hydroxylation sites is 1. The molecule has 1 aliphatic carbocycles. The number of nitrogens with one attached hydrogen (secondary N) is 1. The fraction of sp³-hybridized carbons (Fsp3) is 0.179. The van der Waals surface area contributed by atoms with Gasteiger partial charge in [0.25, 0.3) is 0 Å². The highest BCUT2D eigenvalue weighted by Gasteiger charge is 2.37. The Morgan fingerprint density at radius 2 is 1.59 bits per heavy atom. The van der Waals surface area contributed by atoms with E-state index in [0.717, 1.165) is 33.2 Å². The van der Waals surface area contributed by atoms with Crippen LogP contribution in [0.2, 0.25) is 0 Å². The minimum Gasteiger partial charge on any atom is -0.480 e. The third kappa shape index (κ3) is 3.99. The molecule has 0 saturated heterocycles. The monoisotopic (exact) mass is 452 g/mol. The van der Waals surface area contributed by atoms with Crippen molar-refractivity contribution in [1.29, 1.82) is 0 Å². The van der Waals surface area contributed by atoms with Crippen LogP contribution >= 0.6 is 0 Å². The lowest BCUT2D eigenvalue weighted by atomic mass is 9.93. The summed E-state index contributed by atoms with van der Waals surface area (Å²) in [6.07, 6.45) is 0.952. The number of carboxylic acids is 1. The van der Waals surface area contributed by atoms with E-state index in [9.17, 15) is 14.7 Å². The van der Waals surface area contributed by atoms with Crippen molar-refractivity contribution in [3.8, 4) is 11.1 Å². The maximum atomic E-state index is 12.7. The molecular formula is C28H24N2O4. The van der Waals surface area contributed by atoms with Gasteiger partial charge in [-0.1, -0.05) is 66.7 Å². The highest BCUT2D eigenvalue weighted by atomic mass is 16.5. The Hall–Kier alpha value is -4.19. The second-order valence-electron chi connectivity index (χ2n) is 8.80. The Kier molecular flexibility index (Phi) is 5.49. The number of hydrogen-bond donors (Lipinski definition) is 2. The molecule has 1 aliphatic rings. The van der Waals surface area contributed by atoms with E-state index in [1.807, 2.05) is 66.7 Å². The summed E-state index contributed by atoms with van der Waals surface area (Å²) in [5, 5.41) is 13.4. The maximum absolute atomic E-state index is 12.7. The van der Waals surface area contributed by atoms with E-state index < -0.39 is 17.6 Å². The summed E-state index contributed by atoms with van der Waals surface area (Å²) >= 11 is 0. The molecule has 1 atom stereocenters. The van der Waals surface area contributed by atoms with Gasteiger partial charge < -0.3 is 15.2 Å². The predicted molar refractivity (Wildman–Crippen MR) is 130 cm³/mol. The molecule has 0 bridgehead atoms. The van der Waals surface area contributed by atoms with Crippen LogP contribution in [0.5, 0.6) is 0 Å². The van der Waals surface area contributed by atoms with Crippen molar-refractivity contribution < 1.29 is 19.4 Å². The molecule has 170 valence electrons. The normalized spacial score (nSPS) is 14.1. The van der Waals surface area contributed by atoms with Gasteiger partial charge in [0.1, 0.15) is 12.1 Å². The van der Waals surface area contributed by atoms with Gasteiger partial charge in [-0.15, -0.1) is 0 Å². The second-order valence-corrected chi connectivity index (χ2v) is 8.80. The third-order valence-corrected chi connectivity index (χ3v) is 6.40. The smallest absolute Gasteiger partial charge is 0.408 e. The summed E-state index contributed by atoms with van der Waals surface area (Å²) in [4.78, 5) is 29.3. The summed E-state index contributed by atoms with van der Waals surface area (Å²) in [6, 6.07) is 25.6. The number of amides is 1. The Bertz CT molecular complexity index is 1350. The molecule has 6 heteroatoms. The van der Waals surface area contributed by atoms with E-state index in [1.165, 1.54) is 6.92 Å². The zero-order valence-corrected chi connectivity index (χ0v) is 18.7. The summed E-state index contributed by atoms with van der Waals surface area (Å²) in [7, 11) is 0. The van der Waals surface area contributed by atoms with E-state index in [1.54, 1.807) is 6.20 Å². The van der Waals surface area contributed by atoms with E-state index in [-0.39, 0.29) is 18.9 Å². The summed E-state index contributed by atoms with van der Waals surface area (Å²) in [5.41, 5.74) is 4.44. The van der Waals surface area contributed by atoms with Crippen molar-refractivity contribution in [2.45, 2.75) is 24.8 Å². The Balaban J connectivity index is 1.31.